The first-order valence-electron chi connectivity index (χ1n) is 9.09. The van der Waals surface area contributed by atoms with E-state index in [0.29, 0.717) is 0 Å². The zero-order valence-corrected chi connectivity index (χ0v) is 15.3. The first-order valence-corrected chi connectivity index (χ1v) is 9.09. The summed E-state index contributed by atoms with van der Waals surface area (Å²) < 4.78 is 12.2. The zero-order chi connectivity index (χ0) is 18.7. The van der Waals surface area contributed by atoms with Crippen LogP contribution in [0.5, 0.6) is 0 Å². The molecule has 0 saturated carbocycles. The summed E-state index contributed by atoms with van der Waals surface area (Å²) in [5.41, 5.74) is 8.24. The Morgan fingerprint density at radius 3 is 2.48 bits per heavy atom. The van der Waals surface area contributed by atoms with E-state index in [2.05, 4.69) is 25.2 Å². The van der Waals surface area contributed by atoms with Crippen LogP contribution in [0.1, 0.15) is 46.0 Å². The highest BCUT2D eigenvalue weighted by Crippen LogP contribution is 2.24. The summed E-state index contributed by atoms with van der Waals surface area (Å²) in [6.45, 7) is 5.17. The van der Waals surface area contributed by atoms with Crippen molar-refractivity contribution in [1.82, 2.24) is 5.32 Å². The number of dihydropyridines is 1. The third-order valence-electron chi connectivity index (χ3n) is 4.15. The number of aliphatic hydroxyl groups excluding tert-OH is 1. The summed E-state index contributed by atoms with van der Waals surface area (Å²) in [7, 11) is 5.14. The summed E-state index contributed by atoms with van der Waals surface area (Å²) >= 11 is 0. The Morgan fingerprint density at radius 2 is 1.92 bits per heavy atom. The Hall–Kier alpha value is -1.59. The van der Waals surface area contributed by atoms with E-state index in [-0.39, 0.29) is 23.4 Å². The molecule has 1 heterocycles. The van der Waals surface area contributed by atoms with Crippen LogP contribution >= 0.6 is 0 Å². The average molecular weight is 344 g/mol. The van der Waals surface area contributed by atoms with E-state index < -0.39 is 0 Å². The smallest absolute Gasteiger partial charge is 0.117 e. The number of halogens is 1. The third-order valence-corrected chi connectivity index (χ3v) is 4.15. The van der Waals surface area contributed by atoms with Crippen molar-refractivity contribution in [3.8, 4) is 0 Å². The Labute approximate surface area is 152 Å². The lowest BCUT2D eigenvalue weighted by molar-refractivity contribution is 0.191. The second kappa shape index (κ2) is 11.9. The SMILES string of the molecule is CCCC.NC1CCCC(O)C2=C1C=CCN2.[B]c1ccccc1F. The van der Waals surface area contributed by atoms with Gasteiger partial charge in [-0.15, -0.1) is 0 Å². The van der Waals surface area contributed by atoms with Crippen molar-refractivity contribution in [2.24, 2.45) is 5.73 Å². The number of nitrogens with one attached hydrogen (secondary N) is 1. The molecule has 25 heavy (non-hydrogen) atoms. The molecule has 1 aliphatic carbocycles. The molecule has 3 nitrogen and oxygen atoms in total. The van der Waals surface area contributed by atoms with E-state index in [0.717, 1.165) is 37.1 Å². The van der Waals surface area contributed by atoms with Crippen LogP contribution in [0.15, 0.2) is 47.7 Å². The van der Waals surface area contributed by atoms with Crippen molar-refractivity contribution < 1.29 is 9.50 Å². The van der Waals surface area contributed by atoms with Gasteiger partial charge in [0, 0.05) is 18.3 Å². The largest absolute Gasteiger partial charge is 0.387 e. The van der Waals surface area contributed by atoms with E-state index in [4.69, 9.17) is 13.6 Å². The fraction of sp³-hybridized carbons (Fsp3) is 0.500. The van der Waals surface area contributed by atoms with Gasteiger partial charge in [0.25, 0.3) is 0 Å². The second-order valence-corrected chi connectivity index (χ2v) is 6.23. The van der Waals surface area contributed by atoms with Gasteiger partial charge in [0.15, 0.2) is 0 Å². The summed E-state index contributed by atoms with van der Waals surface area (Å²) in [6.07, 6.45) is 9.20. The van der Waals surface area contributed by atoms with Gasteiger partial charge in [0.2, 0.25) is 0 Å². The number of hydrogen-bond donors (Lipinski definition) is 3. The van der Waals surface area contributed by atoms with Crippen LogP contribution in [0, 0.1) is 5.82 Å². The highest BCUT2D eigenvalue weighted by molar-refractivity contribution is 6.32. The van der Waals surface area contributed by atoms with Crippen molar-refractivity contribution in [3.05, 3.63) is 53.5 Å². The topological polar surface area (TPSA) is 58.3 Å². The van der Waals surface area contributed by atoms with Gasteiger partial charge in [-0.05, 0) is 30.9 Å². The minimum Gasteiger partial charge on any atom is -0.387 e. The number of rotatable bonds is 1. The van der Waals surface area contributed by atoms with E-state index in [1.807, 2.05) is 6.08 Å². The molecule has 5 heteroatoms. The van der Waals surface area contributed by atoms with E-state index >= 15 is 0 Å². The van der Waals surface area contributed by atoms with Crippen molar-refractivity contribution in [2.75, 3.05) is 6.54 Å². The Balaban J connectivity index is 0.000000223. The van der Waals surface area contributed by atoms with Crippen LogP contribution in [0.25, 0.3) is 0 Å². The highest BCUT2D eigenvalue weighted by Gasteiger charge is 2.23. The molecule has 0 saturated heterocycles. The van der Waals surface area contributed by atoms with Gasteiger partial charge in [-0.2, -0.15) is 0 Å². The molecule has 1 aromatic rings. The van der Waals surface area contributed by atoms with Gasteiger partial charge >= 0.3 is 0 Å². The quantitative estimate of drug-likeness (QED) is 0.687. The fourth-order valence-corrected chi connectivity index (χ4v) is 2.49. The lowest BCUT2D eigenvalue weighted by Crippen LogP contribution is -2.31. The van der Waals surface area contributed by atoms with Crippen LogP contribution in [0.4, 0.5) is 4.39 Å². The number of benzene rings is 1. The Morgan fingerprint density at radius 1 is 1.24 bits per heavy atom. The molecule has 2 aliphatic rings. The lowest BCUT2D eigenvalue weighted by Gasteiger charge is -2.22. The maximum absolute atomic E-state index is 12.2. The third kappa shape index (κ3) is 7.45. The number of hydrogen-bond acceptors (Lipinski definition) is 3. The van der Waals surface area contributed by atoms with Crippen molar-refractivity contribution in [3.63, 3.8) is 0 Å². The number of aliphatic hydroxyl groups is 1. The minimum atomic E-state index is -0.354. The summed E-state index contributed by atoms with van der Waals surface area (Å²) in [4.78, 5) is 0. The summed E-state index contributed by atoms with van der Waals surface area (Å²) in [5.74, 6) is -0.354. The van der Waals surface area contributed by atoms with Gasteiger partial charge in [0.1, 0.15) is 13.7 Å². The molecular weight excluding hydrogens is 314 g/mol. The molecule has 0 spiro atoms. The number of unbranched alkanes of at least 4 members (excludes halogenated alkanes) is 1. The van der Waals surface area contributed by atoms with Gasteiger partial charge in [-0.25, -0.2) is 4.39 Å². The first kappa shape index (κ1) is 21.5. The molecule has 2 radical (unpaired) electrons. The fourth-order valence-electron chi connectivity index (χ4n) is 2.49. The molecule has 0 fully saturated rings. The molecule has 2 atom stereocenters. The standard InChI is InChI=1S/C10H16N2O.C6H4BF.C4H10/c11-8-4-1-5-9(13)10-7(8)3-2-6-12-10;7-5-3-1-2-4-6(5)8;1-3-4-2/h2-3,8-9,12-13H,1,4-6,11H2;1-4H;3-4H2,1-2H3. The van der Waals surface area contributed by atoms with Crippen molar-refractivity contribution >= 4 is 13.3 Å². The minimum absolute atomic E-state index is 0.0937. The molecular formula is C20H30BFN2O. The molecule has 2 unspecified atom stereocenters. The molecule has 3 rings (SSSR count). The molecule has 0 aromatic heterocycles. The number of nitrogens with two attached hydrogens (primary N) is 1. The highest BCUT2D eigenvalue weighted by atomic mass is 19.1. The Bertz CT molecular complexity index is 552. The molecule has 0 bridgehead atoms. The van der Waals surface area contributed by atoms with Crippen molar-refractivity contribution in [2.45, 2.75) is 58.1 Å². The Kier molecular flexibility index (Phi) is 10.2. The van der Waals surface area contributed by atoms with Crippen LogP contribution < -0.4 is 16.5 Å². The molecule has 4 N–H and O–H groups in total. The predicted molar refractivity (Wildman–Crippen MR) is 104 cm³/mol. The zero-order valence-electron chi connectivity index (χ0n) is 15.3. The normalized spacial score (nSPS) is 21.6. The maximum atomic E-state index is 12.2. The van der Waals surface area contributed by atoms with E-state index in [1.54, 1.807) is 12.1 Å². The average Bonchev–Trinajstić information content (AvgIpc) is 2.78. The van der Waals surface area contributed by atoms with E-state index in [1.165, 1.54) is 25.0 Å². The van der Waals surface area contributed by atoms with Crippen molar-refractivity contribution in [1.29, 1.82) is 0 Å². The monoisotopic (exact) mass is 344 g/mol. The molecule has 1 aliphatic heterocycles. The van der Waals surface area contributed by atoms with E-state index in [9.17, 15) is 9.50 Å². The second-order valence-electron chi connectivity index (χ2n) is 6.23. The molecule has 0 amide bonds. The van der Waals surface area contributed by atoms with Gasteiger partial charge in [-0.1, -0.05) is 62.5 Å². The van der Waals surface area contributed by atoms with Gasteiger partial charge in [0.05, 0.1) is 6.10 Å². The summed E-state index contributed by atoms with van der Waals surface area (Å²) in [6, 6.07) is 6.24. The molecule has 136 valence electrons. The maximum Gasteiger partial charge on any atom is 0.117 e. The van der Waals surface area contributed by atoms with Crippen LogP contribution in [-0.4, -0.2) is 31.6 Å². The first-order chi connectivity index (χ1) is 12.0. The lowest BCUT2D eigenvalue weighted by atomic mass is 9.96. The van der Waals surface area contributed by atoms with Gasteiger partial charge < -0.3 is 16.2 Å². The summed E-state index contributed by atoms with van der Waals surface area (Å²) in [5, 5.41) is 13.0. The molecule has 1 aromatic carbocycles. The van der Waals surface area contributed by atoms with Gasteiger partial charge in [-0.3, -0.25) is 0 Å². The predicted octanol–water partition coefficient (Wildman–Crippen LogP) is 2.70. The van der Waals surface area contributed by atoms with Crippen LogP contribution in [0.2, 0.25) is 0 Å². The van der Waals surface area contributed by atoms with Crippen LogP contribution in [0.3, 0.4) is 0 Å². The van der Waals surface area contributed by atoms with Crippen LogP contribution in [-0.2, 0) is 0 Å².